The normalized spacial score (nSPS) is 17.7. The van der Waals surface area contributed by atoms with E-state index in [1.54, 1.807) is 13.8 Å². The van der Waals surface area contributed by atoms with Gasteiger partial charge in [-0.25, -0.2) is 0 Å². The van der Waals surface area contributed by atoms with Crippen LogP contribution in [-0.4, -0.2) is 29.1 Å². The highest BCUT2D eigenvalue weighted by atomic mass is 19.4. The molecule has 0 bridgehead atoms. The second-order valence-corrected chi connectivity index (χ2v) is 3.54. The second-order valence-electron chi connectivity index (χ2n) is 3.54. The maximum Gasteiger partial charge on any atom is 0.471 e. The van der Waals surface area contributed by atoms with Gasteiger partial charge in [0, 0.05) is 12.1 Å². The maximum atomic E-state index is 12.1. The van der Waals surface area contributed by atoms with Crippen LogP contribution < -0.4 is 0 Å². The number of amides is 1. The first-order valence-electron chi connectivity index (χ1n) is 4.23. The van der Waals surface area contributed by atoms with E-state index in [9.17, 15) is 18.0 Å². The van der Waals surface area contributed by atoms with Gasteiger partial charge in [-0.15, -0.1) is 0 Å². The van der Waals surface area contributed by atoms with Crippen molar-refractivity contribution >= 4 is 5.91 Å². The lowest BCUT2D eigenvalue weighted by molar-refractivity contribution is -0.187. The molecule has 76 valence electrons. The van der Waals surface area contributed by atoms with Gasteiger partial charge in [-0.3, -0.25) is 4.79 Å². The number of halogens is 3. The largest absolute Gasteiger partial charge is 0.471 e. The zero-order valence-corrected chi connectivity index (χ0v) is 7.56. The number of hydrogen-bond acceptors (Lipinski definition) is 1. The quantitative estimate of drug-likeness (QED) is 0.659. The van der Waals surface area contributed by atoms with Crippen molar-refractivity contribution in [1.82, 2.24) is 4.90 Å². The van der Waals surface area contributed by atoms with Crippen molar-refractivity contribution in [2.75, 3.05) is 0 Å². The Morgan fingerprint density at radius 2 is 1.85 bits per heavy atom. The summed E-state index contributed by atoms with van der Waals surface area (Å²) in [5.74, 6) is -1.70. The smallest absolute Gasteiger partial charge is 0.329 e. The SMILES string of the molecule is CC(C)N(C(=O)C(F)(F)F)C1CC1. The third-order valence-electron chi connectivity index (χ3n) is 1.97. The molecule has 1 rings (SSSR count). The molecular formula is C8H12F3NO. The Kier molecular flexibility index (Phi) is 2.54. The van der Waals surface area contributed by atoms with Gasteiger partial charge in [0.2, 0.25) is 0 Å². The molecule has 0 N–H and O–H groups in total. The molecule has 0 aliphatic heterocycles. The molecule has 13 heavy (non-hydrogen) atoms. The highest BCUT2D eigenvalue weighted by Crippen LogP contribution is 2.32. The van der Waals surface area contributed by atoms with Gasteiger partial charge in [-0.2, -0.15) is 13.2 Å². The predicted octanol–water partition coefficient (Wildman–Crippen LogP) is 1.95. The van der Waals surface area contributed by atoms with E-state index in [2.05, 4.69) is 0 Å². The van der Waals surface area contributed by atoms with E-state index < -0.39 is 12.1 Å². The lowest BCUT2D eigenvalue weighted by Crippen LogP contribution is -2.46. The average Bonchev–Trinajstić information content (AvgIpc) is 2.68. The minimum Gasteiger partial charge on any atom is -0.329 e. The second kappa shape index (κ2) is 3.20. The summed E-state index contributed by atoms with van der Waals surface area (Å²) >= 11 is 0. The summed E-state index contributed by atoms with van der Waals surface area (Å²) < 4.78 is 36.2. The fraction of sp³-hybridized carbons (Fsp3) is 0.875. The molecule has 1 aliphatic rings. The topological polar surface area (TPSA) is 20.3 Å². The molecule has 0 radical (unpaired) electrons. The van der Waals surface area contributed by atoms with E-state index in [1.807, 2.05) is 0 Å². The Morgan fingerprint density at radius 1 is 1.38 bits per heavy atom. The number of carbonyl (C=O) groups excluding carboxylic acids is 1. The third kappa shape index (κ3) is 2.35. The van der Waals surface area contributed by atoms with E-state index in [4.69, 9.17) is 0 Å². The van der Waals surface area contributed by atoms with Gasteiger partial charge in [0.15, 0.2) is 0 Å². The molecule has 1 fully saturated rings. The van der Waals surface area contributed by atoms with Crippen molar-refractivity contribution in [2.45, 2.75) is 44.9 Å². The van der Waals surface area contributed by atoms with Gasteiger partial charge in [0.25, 0.3) is 0 Å². The summed E-state index contributed by atoms with van der Waals surface area (Å²) in [5.41, 5.74) is 0. The van der Waals surface area contributed by atoms with Crippen LogP contribution in [0.5, 0.6) is 0 Å². The number of carbonyl (C=O) groups is 1. The van der Waals surface area contributed by atoms with Crippen molar-refractivity contribution in [1.29, 1.82) is 0 Å². The Bertz CT molecular complexity index is 206. The van der Waals surface area contributed by atoms with Crippen LogP contribution in [0.15, 0.2) is 0 Å². The zero-order valence-electron chi connectivity index (χ0n) is 7.56. The van der Waals surface area contributed by atoms with E-state index in [-0.39, 0.29) is 12.1 Å². The van der Waals surface area contributed by atoms with E-state index in [0.29, 0.717) is 12.8 Å². The monoisotopic (exact) mass is 195 g/mol. The van der Waals surface area contributed by atoms with Crippen LogP contribution in [0, 0.1) is 0 Å². The molecule has 5 heteroatoms. The molecule has 0 aromatic heterocycles. The molecule has 1 saturated carbocycles. The van der Waals surface area contributed by atoms with Crippen LogP contribution in [0.2, 0.25) is 0 Å². The number of hydrogen-bond donors (Lipinski definition) is 0. The lowest BCUT2D eigenvalue weighted by Gasteiger charge is -2.27. The van der Waals surface area contributed by atoms with E-state index >= 15 is 0 Å². The van der Waals surface area contributed by atoms with E-state index in [1.165, 1.54) is 0 Å². The van der Waals surface area contributed by atoms with Crippen LogP contribution in [0.3, 0.4) is 0 Å². The predicted molar refractivity (Wildman–Crippen MR) is 41.1 cm³/mol. The van der Waals surface area contributed by atoms with Crippen LogP contribution in [0.1, 0.15) is 26.7 Å². The van der Waals surface area contributed by atoms with Crippen LogP contribution in [0.4, 0.5) is 13.2 Å². The summed E-state index contributed by atoms with van der Waals surface area (Å²) in [6.07, 6.45) is -3.34. The molecule has 0 aromatic rings. The number of rotatable bonds is 2. The lowest BCUT2D eigenvalue weighted by atomic mass is 10.3. The summed E-state index contributed by atoms with van der Waals surface area (Å²) in [4.78, 5) is 11.8. The molecule has 0 unspecified atom stereocenters. The first kappa shape index (κ1) is 10.3. The molecule has 1 aliphatic carbocycles. The van der Waals surface area contributed by atoms with E-state index in [0.717, 1.165) is 4.90 Å². The van der Waals surface area contributed by atoms with Crippen molar-refractivity contribution in [3.8, 4) is 0 Å². The summed E-state index contributed by atoms with van der Waals surface area (Å²) in [5, 5.41) is 0. The highest BCUT2D eigenvalue weighted by Gasteiger charge is 2.47. The molecule has 0 spiro atoms. The average molecular weight is 195 g/mol. The van der Waals surface area contributed by atoms with Crippen LogP contribution in [-0.2, 0) is 4.79 Å². The van der Waals surface area contributed by atoms with Crippen molar-refractivity contribution in [3.05, 3.63) is 0 Å². The standard InChI is InChI=1S/C8H12F3NO/c1-5(2)12(6-3-4-6)7(13)8(9,10)11/h5-6H,3-4H2,1-2H3. The van der Waals surface area contributed by atoms with Gasteiger partial charge in [0.05, 0.1) is 0 Å². The van der Waals surface area contributed by atoms with Crippen molar-refractivity contribution in [2.24, 2.45) is 0 Å². The van der Waals surface area contributed by atoms with Crippen molar-refractivity contribution in [3.63, 3.8) is 0 Å². The molecule has 0 atom stereocenters. The van der Waals surface area contributed by atoms with Gasteiger partial charge >= 0.3 is 12.1 Å². The summed E-state index contributed by atoms with van der Waals surface area (Å²) in [6.45, 7) is 3.20. The molecular weight excluding hydrogens is 183 g/mol. The molecule has 2 nitrogen and oxygen atoms in total. The van der Waals surface area contributed by atoms with Crippen LogP contribution >= 0.6 is 0 Å². The Morgan fingerprint density at radius 3 is 2.08 bits per heavy atom. The third-order valence-corrected chi connectivity index (χ3v) is 1.97. The number of alkyl halides is 3. The minimum atomic E-state index is -4.73. The molecule has 0 heterocycles. The van der Waals surface area contributed by atoms with Gasteiger partial charge in [-0.05, 0) is 26.7 Å². The fourth-order valence-corrected chi connectivity index (χ4v) is 1.32. The fourth-order valence-electron chi connectivity index (χ4n) is 1.32. The first-order valence-corrected chi connectivity index (χ1v) is 4.23. The molecule has 0 saturated heterocycles. The maximum absolute atomic E-state index is 12.1. The van der Waals surface area contributed by atoms with Crippen molar-refractivity contribution < 1.29 is 18.0 Å². The molecule has 1 amide bonds. The van der Waals surface area contributed by atoms with Gasteiger partial charge in [-0.1, -0.05) is 0 Å². The Balaban J connectivity index is 2.70. The van der Waals surface area contributed by atoms with Gasteiger partial charge in [0.1, 0.15) is 0 Å². The number of nitrogens with zero attached hydrogens (tertiary/aromatic N) is 1. The highest BCUT2D eigenvalue weighted by molar-refractivity contribution is 5.82. The Labute approximate surface area is 74.7 Å². The first-order chi connectivity index (χ1) is 5.84. The Hall–Kier alpha value is -0.740. The molecule has 0 aromatic carbocycles. The minimum absolute atomic E-state index is 0.186. The van der Waals surface area contributed by atoms with Gasteiger partial charge < -0.3 is 4.90 Å². The zero-order chi connectivity index (χ0) is 10.2. The summed E-state index contributed by atoms with van der Waals surface area (Å²) in [6, 6.07) is -0.559. The summed E-state index contributed by atoms with van der Waals surface area (Å²) in [7, 11) is 0. The van der Waals surface area contributed by atoms with Crippen LogP contribution in [0.25, 0.3) is 0 Å².